The van der Waals surface area contributed by atoms with E-state index in [1.54, 1.807) is 34.8 Å². The highest BCUT2D eigenvalue weighted by Crippen LogP contribution is 2.34. The number of nitrogens with zero attached hydrogens (tertiary/aromatic N) is 4. The Balaban J connectivity index is 1.52. The molecule has 3 aromatic heterocycles. The summed E-state index contributed by atoms with van der Waals surface area (Å²) in [7, 11) is 0. The van der Waals surface area contributed by atoms with E-state index in [0.717, 1.165) is 11.6 Å². The van der Waals surface area contributed by atoms with E-state index >= 15 is 0 Å². The van der Waals surface area contributed by atoms with Gasteiger partial charge in [0.15, 0.2) is 0 Å². The number of thiophene rings is 1. The first-order valence-corrected chi connectivity index (χ1v) is 10.9. The fraction of sp³-hybridized carbons (Fsp3) is 0.364. The molecular formula is C22H21F3N4OS. The van der Waals surface area contributed by atoms with Crippen LogP contribution in [0.1, 0.15) is 42.3 Å². The number of carbonyl (C=O) groups excluding carboxylic acids is 1. The number of aromatic nitrogens is 3. The van der Waals surface area contributed by atoms with E-state index in [1.807, 2.05) is 12.1 Å². The van der Waals surface area contributed by atoms with Crippen molar-refractivity contribution in [3.63, 3.8) is 0 Å². The van der Waals surface area contributed by atoms with Crippen molar-refractivity contribution in [2.75, 3.05) is 13.1 Å². The zero-order valence-electron chi connectivity index (χ0n) is 16.7. The second kappa shape index (κ2) is 9.13. The van der Waals surface area contributed by atoms with Crippen LogP contribution in [0.25, 0.3) is 10.6 Å². The number of piperidine rings is 1. The Morgan fingerprint density at radius 1 is 1.19 bits per heavy atom. The lowest BCUT2D eigenvalue weighted by Crippen LogP contribution is -2.39. The molecule has 0 spiro atoms. The SMILES string of the molecule is O=C(CCc1ccncc1)N1CCCC(c2nc(-c3cccs3)cc(C(F)(F)F)n2)C1. The topological polar surface area (TPSA) is 59.0 Å². The summed E-state index contributed by atoms with van der Waals surface area (Å²) >= 11 is 1.33. The Morgan fingerprint density at radius 2 is 2.00 bits per heavy atom. The first kappa shape index (κ1) is 21.4. The van der Waals surface area contributed by atoms with Crippen molar-refractivity contribution in [1.82, 2.24) is 19.9 Å². The number of hydrogen-bond donors (Lipinski definition) is 0. The monoisotopic (exact) mass is 446 g/mol. The molecule has 162 valence electrons. The zero-order chi connectivity index (χ0) is 21.8. The lowest BCUT2D eigenvalue weighted by molar-refractivity contribution is -0.141. The second-order valence-electron chi connectivity index (χ2n) is 7.51. The Kier molecular flexibility index (Phi) is 6.31. The van der Waals surface area contributed by atoms with Gasteiger partial charge in [0.05, 0.1) is 10.6 Å². The molecule has 0 saturated carbocycles. The second-order valence-corrected chi connectivity index (χ2v) is 8.45. The average Bonchev–Trinajstić information content (AvgIpc) is 3.32. The molecule has 1 fully saturated rings. The summed E-state index contributed by atoms with van der Waals surface area (Å²) in [6, 6.07) is 8.26. The molecule has 5 nitrogen and oxygen atoms in total. The summed E-state index contributed by atoms with van der Waals surface area (Å²) in [5.41, 5.74) is 0.356. The molecule has 0 N–H and O–H groups in total. The highest BCUT2D eigenvalue weighted by Gasteiger charge is 2.35. The number of rotatable bonds is 5. The van der Waals surface area contributed by atoms with Crippen LogP contribution in [0.4, 0.5) is 13.2 Å². The number of alkyl halides is 3. The van der Waals surface area contributed by atoms with Crippen molar-refractivity contribution in [2.24, 2.45) is 0 Å². The standard InChI is InChI=1S/C22H21F3N4OS/c23-22(24,25)19-13-17(18-4-2-12-31-18)27-21(28-19)16-3-1-11-29(14-16)20(30)6-5-15-7-9-26-10-8-15/h2,4,7-10,12-13,16H,1,3,5-6,11,14H2. The van der Waals surface area contributed by atoms with Crippen LogP contribution < -0.4 is 0 Å². The predicted molar refractivity (Wildman–Crippen MR) is 111 cm³/mol. The van der Waals surface area contributed by atoms with Gasteiger partial charge in [0, 0.05) is 37.8 Å². The van der Waals surface area contributed by atoms with Gasteiger partial charge in [-0.2, -0.15) is 13.2 Å². The quantitative estimate of drug-likeness (QED) is 0.556. The van der Waals surface area contributed by atoms with Gasteiger partial charge in [0.2, 0.25) is 5.91 Å². The lowest BCUT2D eigenvalue weighted by atomic mass is 9.96. The van der Waals surface area contributed by atoms with Crippen molar-refractivity contribution in [3.8, 4) is 10.6 Å². The minimum absolute atomic E-state index is 0.00744. The van der Waals surface area contributed by atoms with E-state index in [9.17, 15) is 18.0 Å². The van der Waals surface area contributed by atoms with Crippen molar-refractivity contribution in [1.29, 1.82) is 0 Å². The fourth-order valence-electron chi connectivity index (χ4n) is 3.72. The largest absolute Gasteiger partial charge is 0.433 e. The number of likely N-dealkylation sites (tertiary alicyclic amines) is 1. The minimum Gasteiger partial charge on any atom is -0.342 e. The van der Waals surface area contributed by atoms with Crippen LogP contribution in [-0.4, -0.2) is 38.8 Å². The van der Waals surface area contributed by atoms with Crippen LogP contribution >= 0.6 is 11.3 Å². The maximum atomic E-state index is 13.5. The van der Waals surface area contributed by atoms with Gasteiger partial charge in [-0.05, 0) is 54.5 Å². The summed E-state index contributed by atoms with van der Waals surface area (Å²) in [4.78, 5) is 27.4. The Bertz CT molecular complexity index is 1020. The molecule has 1 amide bonds. The Hall–Kier alpha value is -2.81. The molecule has 0 bridgehead atoms. The average molecular weight is 446 g/mol. The minimum atomic E-state index is -4.56. The van der Waals surface area contributed by atoms with E-state index in [4.69, 9.17) is 0 Å². The molecule has 1 atom stereocenters. The number of hydrogen-bond acceptors (Lipinski definition) is 5. The van der Waals surface area contributed by atoms with Crippen LogP contribution in [0.3, 0.4) is 0 Å². The fourth-order valence-corrected chi connectivity index (χ4v) is 4.40. The van der Waals surface area contributed by atoms with Gasteiger partial charge in [0.1, 0.15) is 11.5 Å². The Labute approximate surface area is 182 Å². The third-order valence-corrected chi connectivity index (χ3v) is 6.22. The molecule has 1 unspecified atom stereocenters. The molecule has 0 aliphatic carbocycles. The molecule has 1 aliphatic heterocycles. The van der Waals surface area contributed by atoms with Crippen LogP contribution in [0, 0.1) is 0 Å². The van der Waals surface area contributed by atoms with Gasteiger partial charge in [-0.25, -0.2) is 9.97 Å². The summed E-state index contributed by atoms with van der Waals surface area (Å²) in [5.74, 6) is -0.170. The van der Waals surface area contributed by atoms with Crippen molar-refractivity contribution in [3.05, 3.63) is 65.2 Å². The smallest absolute Gasteiger partial charge is 0.342 e. The van der Waals surface area contributed by atoms with E-state index in [-0.39, 0.29) is 23.3 Å². The molecule has 9 heteroatoms. The first-order chi connectivity index (χ1) is 14.9. The van der Waals surface area contributed by atoms with Crippen molar-refractivity contribution >= 4 is 17.2 Å². The number of pyridine rings is 1. The van der Waals surface area contributed by atoms with E-state index in [1.165, 1.54) is 11.3 Å². The third kappa shape index (κ3) is 5.28. The van der Waals surface area contributed by atoms with Crippen LogP contribution in [0.5, 0.6) is 0 Å². The van der Waals surface area contributed by atoms with Gasteiger partial charge >= 0.3 is 6.18 Å². The normalized spacial score (nSPS) is 17.0. The molecule has 4 rings (SSSR count). The number of halogens is 3. The summed E-state index contributed by atoms with van der Waals surface area (Å²) in [6.45, 7) is 0.933. The van der Waals surface area contributed by atoms with Gasteiger partial charge in [-0.1, -0.05) is 6.07 Å². The van der Waals surface area contributed by atoms with Crippen LogP contribution in [0.15, 0.2) is 48.1 Å². The Morgan fingerprint density at radius 3 is 2.71 bits per heavy atom. The molecule has 4 heterocycles. The summed E-state index contributed by atoms with van der Waals surface area (Å²) in [5, 5.41) is 1.80. The maximum Gasteiger partial charge on any atom is 0.433 e. The number of amides is 1. The van der Waals surface area contributed by atoms with Crippen molar-refractivity contribution < 1.29 is 18.0 Å². The van der Waals surface area contributed by atoms with Gasteiger partial charge in [-0.3, -0.25) is 9.78 Å². The van der Waals surface area contributed by atoms with Crippen LogP contribution in [0.2, 0.25) is 0 Å². The number of carbonyl (C=O) groups is 1. The van der Waals surface area contributed by atoms with E-state index in [0.29, 0.717) is 43.6 Å². The third-order valence-electron chi connectivity index (χ3n) is 5.32. The van der Waals surface area contributed by atoms with Gasteiger partial charge in [-0.15, -0.1) is 11.3 Å². The zero-order valence-corrected chi connectivity index (χ0v) is 17.5. The number of aryl methyl sites for hydroxylation is 1. The molecule has 1 aliphatic rings. The maximum absolute atomic E-state index is 13.5. The van der Waals surface area contributed by atoms with Crippen LogP contribution in [-0.2, 0) is 17.4 Å². The van der Waals surface area contributed by atoms with E-state index in [2.05, 4.69) is 15.0 Å². The summed E-state index contributed by atoms with van der Waals surface area (Å²) in [6.07, 6.45) is 1.13. The highest BCUT2D eigenvalue weighted by molar-refractivity contribution is 7.13. The van der Waals surface area contributed by atoms with E-state index < -0.39 is 11.9 Å². The molecule has 0 aromatic carbocycles. The molecule has 3 aromatic rings. The molecule has 0 radical (unpaired) electrons. The highest BCUT2D eigenvalue weighted by atomic mass is 32.1. The molecular weight excluding hydrogens is 425 g/mol. The summed E-state index contributed by atoms with van der Waals surface area (Å²) < 4.78 is 40.4. The molecule has 1 saturated heterocycles. The van der Waals surface area contributed by atoms with Gasteiger partial charge in [0.25, 0.3) is 0 Å². The molecule has 31 heavy (non-hydrogen) atoms. The predicted octanol–water partition coefficient (Wildman–Crippen LogP) is 4.96. The first-order valence-electron chi connectivity index (χ1n) is 10.1. The van der Waals surface area contributed by atoms with Crippen molar-refractivity contribution in [2.45, 2.75) is 37.8 Å². The van der Waals surface area contributed by atoms with Gasteiger partial charge < -0.3 is 4.90 Å². The lowest BCUT2D eigenvalue weighted by Gasteiger charge is -2.32.